The highest BCUT2D eigenvalue weighted by Crippen LogP contribution is 2.27. The number of nitrogens with zero attached hydrogens (tertiary/aromatic N) is 2. The van der Waals surface area contributed by atoms with Crippen LogP contribution < -0.4 is 5.32 Å². The predicted octanol–water partition coefficient (Wildman–Crippen LogP) is 5.23. The van der Waals surface area contributed by atoms with Crippen LogP contribution in [0, 0.1) is 23.0 Å². The minimum absolute atomic E-state index is 0.237. The van der Waals surface area contributed by atoms with Crippen LogP contribution in [-0.2, 0) is 10.5 Å². The highest BCUT2D eigenvalue weighted by molar-refractivity contribution is 7.98. The third-order valence-electron chi connectivity index (χ3n) is 4.83. The molecule has 0 radical (unpaired) electrons. The van der Waals surface area contributed by atoms with Crippen molar-refractivity contribution < 1.29 is 18.4 Å². The summed E-state index contributed by atoms with van der Waals surface area (Å²) in [6, 6.07) is 19.6. The molecule has 0 fully saturated rings. The molecule has 5 nitrogen and oxygen atoms in total. The zero-order chi connectivity index (χ0) is 23.8. The molecule has 168 valence electrons. The van der Waals surface area contributed by atoms with Crippen molar-refractivity contribution in [2.75, 3.05) is 18.4 Å². The first-order valence-electron chi connectivity index (χ1n) is 10.2. The van der Waals surface area contributed by atoms with Crippen molar-refractivity contribution in [1.29, 1.82) is 5.26 Å². The van der Waals surface area contributed by atoms with Crippen molar-refractivity contribution in [3.05, 3.63) is 95.1 Å². The molecule has 0 bridgehead atoms. The van der Waals surface area contributed by atoms with Crippen LogP contribution in [0.2, 0.25) is 0 Å². The molecule has 1 N–H and O–H groups in total. The monoisotopic (exact) mass is 465 g/mol. The molecule has 33 heavy (non-hydrogen) atoms. The second-order valence-corrected chi connectivity index (χ2v) is 8.07. The van der Waals surface area contributed by atoms with E-state index in [9.17, 15) is 18.4 Å². The molecule has 0 aliphatic rings. The van der Waals surface area contributed by atoms with Crippen LogP contribution in [0.25, 0.3) is 0 Å². The first-order chi connectivity index (χ1) is 15.9. The van der Waals surface area contributed by atoms with Crippen LogP contribution in [0.1, 0.15) is 28.4 Å². The topological polar surface area (TPSA) is 73.2 Å². The number of carbonyl (C=O) groups is 2. The summed E-state index contributed by atoms with van der Waals surface area (Å²) in [6.07, 6.45) is 0. The van der Waals surface area contributed by atoms with E-state index in [1.807, 2.05) is 24.3 Å². The molecule has 3 aromatic carbocycles. The third kappa shape index (κ3) is 6.18. The molecule has 3 rings (SSSR count). The quantitative estimate of drug-likeness (QED) is 0.463. The number of hydrogen-bond acceptors (Lipinski definition) is 4. The van der Waals surface area contributed by atoms with Crippen molar-refractivity contribution in [3.63, 3.8) is 0 Å². The van der Waals surface area contributed by atoms with Crippen LogP contribution in [0.15, 0.2) is 71.6 Å². The number of anilines is 1. The van der Waals surface area contributed by atoms with Gasteiger partial charge >= 0.3 is 0 Å². The Morgan fingerprint density at radius 2 is 1.67 bits per heavy atom. The van der Waals surface area contributed by atoms with Crippen LogP contribution in [-0.4, -0.2) is 29.8 Å². The summed E-state index contributed by atoms with van der Waals surface area (Å²) in [7, 11) is 0. The molecule has 0 aliphatic heterocycles. The lowest BCUT2D eigenvalue weighted by atomic mass is 10.2. The Labute approximate surface area is 195 Å². The first-order valence-corrected chi connectivity index (χ1v) is 11.2. The van der Waals surface area contributed by atoms with Crippen molar-refractivity contribution in [3.8, 4) is 6.07 Å². The molecule has 2 amide bonds. The number of nitriles is 1. The van der Waals surface area contributed by atoms with Crippen LogP contribution >= 0.6 is 11.8 Å². The second kappa shape index (κ2) is 11.2. The lowest BCUT2D eigenvalue weighted by Gasteiger charge is -2.22. The van der Waals surface area contributed by atoms with Gasteiger partial charge in [0.15, 0.2) is 0 Å². The van der Waals surface area contributed by atoms with Gasteiger partial charge in [0.2, 0.25) is 5.91 Å². The number of thioether (sulfide) groups is 1. The Balaban J connectivity index is 1.70. The Morgan fingerprint density at radius 3 is 2.30 bits per heavy atom. The van der Waals surface area contributed by atoms with E-state index in [2.05, 4.69) is 11.4 Å². The van der Waals surface area contributed by atoms with Crippen LogP contribution in [0.3, 0.4) is 0 Å². The van der Waals surface area contributed by atoms with Gasteiger partial charge in [-0.05, 0) is 48.9 Å². The SMILES string of the molecule is CCN(CC(=O)Nc1c(F)cccc1F)C(=O)c1ccccc1SCc1ccc(C#N)cc1. The van der Waals surface area contributed by atoms with Crippen molar-refractivity contribution in [2.24, 2.45) is 0 Å². The standard InChI is InChI=1S/C25H21F2N3O2S/c1-2-30(15-23(31)29-24-20(26)7-5-8-21(24)27)25(32)19-6-3-4-9-22(19)33-16-18-12-10-17(14-28)11-13-18/h3-13H,2,15-16H2,1H3,(H,29,31). The van der Waals surface area contributed by atoms with Crippen LogP contribution in [0.4, 0.5) is 14.5 Å². The molecule has 0 aromatic heterocycles. The fraction of sp³-hybridized carbons (Fsp3) is 0.160. The van der Waals surface area contributed by atoms with Gasteiger partial charge in [0.05, 0.1) is 17.2 Å². The highest BCUT2D eigenvalue weighted by Gasteiger charge is 2.21. The van der Waals surface area contributed by atoms with E-state index in [-0.39, 0.29) is 19.0 Å². The number of benzene rings is 3. The highest BCUT2D eigenvalue weighted by atomic mass is 32.2. The van der Waals surface area contributed by atoms with E-state index < -0.39 is 23.2 Å². The summed E-state index contributed by atoms with van der Waals surface area (Å²) in [4.78, 5) is 27.6. The summed E-state index contributed by atoms with van der Waals surface area (Å²) in [5.74, 6) is -2.24. The smallest absolute Gasteiger partial charge is 0.255 e. The van der Waals surface area contributed by atoms with Gasteiger partial charge in [-0.1, -0.05) is 30.3 Å². The van der Waals surface area contributed by atoms with Crippen molar-refractivity contribution in [2.45, 2.75) is 17.6 Å². The van der Waals surface area contributed by atoms with Gasteiger partial charge in [0, 0.05) is 17.2 Å². The molecular formula is C25H21F2N3O2S. The summed E-state index contributed by atoms with van der Waals surface area (Å²) >= 11 is 1.47. The van der Waals surface area contributed by atoms with E-state index in [4.69, 9.17) is 5.26 Å². The molecule has 0 saturated heterocycles. The minimum atomic E-state index is -0.887. The Morgan fingerprint density at radius 1 is 1.00 bits per heavy atom. The maximum absolute atomic E-state index is 13.8. The number of rotatable bonds is 8. The first kappa shape index (κ1) is 24.0. The van der Waals surface area contributed by atoms with Gasteiger partial charge in [0.25, 0.3) is 5.91 Å². The summed E-state index contributed by atoms with van der Waals surface area (Å²) in [5.41, 5.74) is 1.47. The molecule has 0 atom stereocenters. The fourth-order valence-electron chi connectivity index (χ4n) is 3.07. The fourth-order valence-corrected chi connectivity index (χ4v) is 4.07. The van der Waals surface area contributed by atoms with E-state index >= 15 is 0 Å². The van der Waals surface area contributed by atoms with Gasteiger partial charge < -0.3 is 10.2 Å². The average Bonchev–Trinajstić information content (AvgIpc) is 2.83. The zero-order valence-electron chi connectivity index (χ0n) is 17.8. The van der Waals surface area contributed by atoms with Gasteiger partial charge in [-0.3, -0.25) is 9.59 Å². The van der Waals surface area contributed by atoms with Crippen LogP contribution in [0.5, 0.6) is 0 Å². The number of hydrogen-bond donors (Lipinski definition) is 1. The molecule has 0 heterocycles. The maximum Gasteiger partial charge on any atom is 0.255 e. The number of amides is 2. The summed E-state index contributed by atoms with van der Waals surface area (Å²) in [5, 5.41) is 11.1. The Bertz CT molecular complexity index is 1170. The molecular weight excluding hydrogens is 444 g/mol. The normalized spacial score (nSPS) is 10.4. The largest absolute Gasteiger partial charge is 0.330 e. The van der Waals surface area contributed by atoms with E-state index in [0.717, 1.165) is 22.6 Å². The molecule has 0 saturated carbocycles. The molecule has 3 aromatic rings. The van der Waals surface area contributed by atoms with Crippen molar-refractivity contribution >= 4 is 29.3 Å². The second-order valence-electron chi connectivity index (χ2n) is 7.06. The predicted molar refractivity (Wildman–Crippen MR) is 124 cm³/mol. The zero-order valence-corrected chi connectivity index (χ0v) is 18.7. The average molecular weight is 466 g/mol. The Kier molecular flexibility index (Phi) is 8.17. The lowest BCUT2D eigenvalue weighted by Crippen LogP contribution is -2.38. The van der Waals surface area contributed by atoms with Gasteiger partial charge in [0.1, 0.15) is 23.9 Å². The van der Waals surface area contributed by atoms with Crippen molar-refractivity contribution in [1.82, 2.24) is 4.90 Å². The van der Waals surface area contributed by atoms with Gasteiger partial charge in [-0.25, -0.2) is 8.78 Å². The van der Waals surface area contributed by atoms with E-state index in [1.165, 1.54) is 22.7 Å². The molecule has 0 spiro atoms. The Hall–Kier alpha value is -3.70. The number of para-hydroxylation sites is 1. The number of carbonyl (C=O) groups excluding carboxylic acids is 2. The molecule has 8 heteroatoms. The summed E-state index contributed by atoms with van der Waals surface area (Å²) in [6.45, 7) is 1.61. The summed E-state index contributed by atoms with van der Waals surface area (Å²) < 4.78 is 27.6. The number of halogens is 2. The lowest BCUT2D eigenvalue weighted by molar-refractivity contribution is -0.116. The maximum atomic E-state index is 13.8. The van der Waals surface area contributed by atoms with Gasteiger partial charge in [-0.15, -0.1) is 11.8 Å². The molecule has 0 aliphatic carbocycles. The molecule has 0 unspecified atom stereocenters. The number of likely N-dealkylation sites (N-methyl/N-ethyl adjacent to an activating group) is 1. The van der Waals surface area contributed by atoms with E-state index in [1.54, 1.807) is 31.2 Å². The van der Waals surface area contributed by atoms with E-state index in [0.29, 0.717) is 16.9 Å². The minimum Gasteiger partial charge on any atom is -0.330 e. The third-order valence-corrected chi connectivity index (χ3v) is 5.97. The number of nitrogens with one attached hydrogen (secondary N) is 1. The van der Waals surface area contributed by atoms with Gasteiger partial charge in [-0.2, -0.15) is 5.26 Å².